The molecule has 0 aliphatic heterocycles. The minimum absolute atomic E-state index is 0.00222. The molecule has 0 aliphatic carbocycles. The normalized spacial score (nSPS) is 23.4. The molecule has 4 heteroatoms. The number of rotatable bonds is 10. The van der Waals surface area contributed by atoms with Crippen LogP contribution >= 0.6 is 0 Å². The van der Waals surface area contributed by atoms with Crippen LogP contribution in [-0.4, -0.2) is 31.9 Å². The van der Waals surface area contributed by atoms with Gasteiger partial charge in [-0.05, 0) is 61.4 Å². The molecule has 1 unspecified atom stereocenters. The summed E-state index contributed by atoms with van der Waals surface area (Å²) in [6.07, 6.45) is -10.4. The molecule has 1 N–H and O–H groups in total. The second-order valence-corrected chi connectivity index (χ2v) is 4.76. The molecule has 2 rings (SSSR count). The predicted molar refractivity (Wildman–Crippen MR) is 99.8 cm³/mol. The lowest BCUT2D eigenvalue weighted by atomic mass is 10.0. The number of methoxy groups -OCH3 is 2. The fourth-order valence-corrected chi connectivity index (χ4v) is 1.75. The smallest absolute Gasteiger partial charge is 0.160 e. The summed E-state index contributed by atoms with van der Waals surface area (Å²) in [4.78, 5) is 0. The van der Waals surface area contributed by atoms with E-state index in [4.69, 9.17) is 30.0 Å². The first-order valence-electron chi connectivity index (χ1n) is 14.8. The van der Waals surface area contributed by atoms with Crippen molar-refractivity contribution < 1.29 is 39.9 Å². The van der Waals surface area contributed by atoms with Gasteiger partial charge in [-0.15, -0.1) is 0 Å². The second-order valence-electron chi connectivity index (χ2n) is 4.76. The van der Waals surface area contributed by atoms with Gasteiger partial charge in [0, 0.05) is 5.48 Å². The first kappa shape index (κ1) is 7.20. The number of ether oxygens (including phenoxy) is 3. The maximum absolute atomic E-state index is 10.6. The molecule has 0 heterocycles. The van der Waals surface area contributed by atoms with Crippen molar-refractivity contribution in [1.29, 1.82) is 0 Å². The zero-order valence-electron chi connectivity index (χ0n) is 28.8. The summed E-state index contributed by atoms with van der Waals surface area (Å²) in [5.74, 6) is -1.93. The van der Waals surface area contributed by atoms with Gasteiger partial charge in [0.05, 0.1) is 35.3 Å². The molecule has 2 aromatic carbocycles. The molecule has 0 aromatic heterocycles. The molecule has 25 heavy (non-hydrogen) atoms. The van der Waals surface area contributed by atoms with Crippen LogP contribution in [0.5, 0.6) is 17.2 Å². The van der Waals surface area contributed by atoms with Crippen LogP contribution in [0, 0.1) is 6.92 Å². The van der Waals surface area contributed by atoms with E-state index in [0.29, 0.717) is 0 Å². The Balaban J connectivity index is 2.36. The van der Waals surface area contributed by atoms with Crippen LogP contribution < -0.4 is 14.2 Å². The minimum atomic E-state index is -3.07. The highest BCUT2D eigenvalue weighted by Crippen LogP contribution is 2.28. The molecule has 0 amide bonds. The monoisotopic (exact) mass is 359 g/mol. The Morgan fingerprint density at radius 3 is 2.88 bits per heavy atom. The summed E-state index contributed by atoms with van der Waals surface area (Å²) >= 11 is 0. The summed E-state index contributed by atoms with van der Waals surface area (Å²) in [5, 5.41) is 10.6. The van der Waals surface area contributed by atoms with Gasteiger partial charge < -0.3 is 19.3 Å². The summed E-state index contributed by atoms with van der Waals surface area (Å²) in [7, 11) is -2.04. The van der Waals surface area contributed by atoms with Crippen molar-refractivity contribution >= 4 is 0 Å². The van der Waals surface area contributed by atoms with Crippen molar-refractivity contribution in [2.75, 3.05) is 20.8 Å². The first-order valence-corrected chi connectivity index (χ1v) is 7.30. The third kappa shape index (κ3) is 6.31. The van der Waals surface area contributed by atoms with E-state index in [-0.39, 0.29) is 11.6 Å². The SMILES string of the molecule is [2H]c1c([2H])c(C)c([2H])c(OCC([2H])(O)C([2H])([2H])CCC([2H])([2H])c2c([2H])c([2H])c(OC([2H])([2H])[2H])c(OC)c2[2H])c1[2H]. The van der Waals surface area contributed by atoms with Gasteiger partial charge in [0.2, 0.25) is 0 Å². The maximum Gasteiger partial charge on any atom is 0.160 e. The Morgan fingerprint density at radius 2 is 2.08 bits per heavy atom. The van der Waals surface area contributed by atoms with Gasteiger partial charge in [-0.2, -0.15) is 0 Å². The Bertz CT molecular complexity index is 1250. The fourth-order valence-electron chi connectivity index (χ4n) is 1.75. The largest absolute Gasteiger partial charge is 0.493 e. The Hall–Kier alpha value is -2.20. The van der Waals surface area contributed by atoms with E-state index < -0.39 is 104 Å². The highest BCUT2D eigenvalue weighted by atomic mass is 16.5. The molecule has 1 atom stereocenters. The van der Waals surface area contributed by atoms with E-state index in [1.807, 2.05) is 0 Å². The number of hydrogen-bond donors (Lipinski definition) is 1. The molecule has 0 bridgehead atoms. The van der Waals surface area contributed by atoms with Gasteiger partial charge in [-0.3, -0.25) is 0 Å². The molecule has 0 saturated carbocycles. The Morgan fingerprint density at radius 1 is 1.20 bits per heavy atom. The van der Waals surface area contributed by atoms with E-state index in [1.165, 1.54) is 6.92 Å². The minimum Gasteiger partial charge on any atom is -0.493 e. The molecule has 0 aliphatic rings. The summed E-state index contributed by atoms with van der Waals surface area (Å²) in [6, 6.07) is -4.63. The van der Waals surface area contributed by atoms with E-state index >= 15 is 0 Å². The summed E-state index contributed by atoms with van der Waals surface area (Å²) in [6.45, 7) is 0.208. The van der Waals surface area contributed by atoms with Crippen LogP contribution in [0.4, 0.5) is 0 Å². The Kier molecular flexibility index (Phi) is 2.86. The quantitative estimate of drug-likeness (QED) is 0.692. The van der Waals surface area contributed by atoms with Crippen LogP contribution in [-0.2, 0) is 6.37 Å². The van der Waals surface area contributed by atoms with Crippen LogP contribution in [0.2, 0.25) is 0 Å². The molecule has 2 aromatic rings. The number of hydrogen-bond acceptors (Lipinski definition) is 4. The summed E-state index contributed by atoms with van der Waals surface area (Å²) < 4.78 is 134. The third-order valence-electron chi connectivity index (χ3n) is 2.89. The lowest BCUT2D eigenvalue weighted by Gasteiger charge is -2.13. The van der Waals surface area contributed by atoms with E-state index in [1.54, 1.807) is 0 Å². The Labute approximate surface area is 171 Å². The van der Waals surface area contributed by atoms with Crippen molar-refractivity contribution in [3.63, 3.8) is 0 Å². The van der Waals surface area contributed by atoms with Crippen LogP contribution in [0.1, 0.15) is 50.9 Å². The van der Waals surface area contributed by atoms with Crippen LogP contribution in [0.15, 0.2) is 42.3 Å². The van der Waals surface area contributed by atoms with Gasteiger partial charge in [0.25, 0.3) is 0 Å². The van der Waals surface area contributed by atoms with Crippen molar-refractivity contribution in [2.24, 2.45) is 0 Å². The third-order valence-corrected chi connectivity index (χ3v) is 2.89. The van der Waals surface area contributed by atoms with Crippen molar-refractivity contribution in [3.05, 3.63) is 53.4 Å². The molecule has 136 valence electrons. The first-order chi connectivity index (χ1) is 18.0. The zero-order chi connectivity index (χ0) is 31.2. The van der Waals surface area contributed by atoms with Gasteiger partial charge in [0.1, 0.15) is 12.4 Å². The standard InChI is InChI=1S/C21H28O4/c1-16-7-6-10-19(13-16)25-15-18(22)9-5-4-8-17-11-12-20(23-2)21(14-17)24-3/h6-7,10-14,18,22H,4-5,8-9,15H2,1-3H3/i2D3,6D,7D,8D2,9D2,10D,11D,12D,13D,14D,18D. The molecule has 0 fully saturated rings. The molecule has 0 radical (unpaired) electrons. The topological polar surface area (TPSA) is 47.9 Å². The highest BCUT2D eigenvalue weighted by molar-refractivity contribution is 5.42. The van der Waals surface area contributed by atoms with Gasteiger partial charge in [-0.25, -0.2) is 0 Å². The molecule has 0 saturated heterocycles. The van der Waals surface area contributed by atoms with Crippen molar-refractivity contribution in [3.8, 4) is 17.2 Å². The van der Waals surface area contributed by atoms with E-state index in [9.17, 15) is 5.11 Å². The molecular formula is C21H28O4. The van der Waals surface area contributed by atoms with Crippen molar-refractivity contribution in [2.45, 2.75) is 38.6 Å². The van der Waals surface area contributed by atoms with E-state index in [0.717, 1.165) is 7.11 Å². The lowest BCUT2D eigenvalue weighted by molar-refractivity contribution is 0.0976. The predicted octanol–water partition coefficient (Wildman–Crippen LogP) is 4.16. The van der Waals surface area contributed by atoms with Crippen molar-refractivity contribution in [1.82, 2.24) is 0 Å². The fraction of sp³-hybridized carbons (Fsp3) is 0.429. The van der Waals surface area contributed by atoms with E-state index in [2.05, 4.69) is 4.74 Å². The second kappa shape index (κ2) is 9.94. The number of aliphatic hydroxyl groups is 1. The van der Waals surface area contributed by atoms with Crippen LogP contribution in [0.3, 0.4) is 0 Å². The lowest BCUT2D eigenvalue weighted by Crippen LogP contribution is -2.17. The van der Waals surface area contributed by atoms with Gasteiger partial charge >= 0.3 is 0 Å². The molecular weight excluding hydrogens is 316 g/mol. The molecule has 4 nitrogen and oxygen atoms in total. The number of benzene rings is 2. The van der Waals surface area contributed by atoms with Crippen LogP contribution in [0.25, 0.3) is 0 Å². The average Bonchev–Trinajstić information content (AvgIpc) is 2.82. The van der Waals surface area contributed by atoms with Gasteiger partial charge in [-0.1, -0.05) is 24.5 Å². The highest BCUT2D eigenvalue weighted by Gasteiger charge is 2.07. The van der Waals surface area contributed by atoms with Gasteiger partial charge in [0.15, 0.2) is 11.5 Å². The zero-order valence-corrected chi connectivity index (χ0v) is 13.8. The maximum atomic E-state index is 10.6. The average molecular weight is 360 g/mol. The summed E-state index contributed by atoms with van der Waals surface area (Å²) in [5.41, 5.74) is -0.725. The molecule has 0 spiro atoms.